The van der Waals surface area contributed by atoms with E-state index in [1.807, 2.05) is 0 Å². The van der Waals surface area contributed by atoms with E-state index in [1.165, 1.54) is 38.5 Å². The molecule has 0 unspecified atom stereocenters. The van der Waals surface area contributed by atoms with Crippen molar-refractivity contribution in [2.75, 3.05) is 0 Å². The smallest absolute Gasteiger partial charge is 0.481 e. The maximum Gasteiger partial charge on any atom is 2.00 e. The average Bonchev–Trinajstić information content (AvgIpc) is 2.46. The number of carbonyl (C=O) groups is 2. The van der Waals surface area contributed by atoms with Gasteiger partial charge in [0, 0.05) is 0 Å². The molecular weight excluding hydrogens is 344 g/mol. The van der Waals surface area contributed by atoms with Crippen LogP contribution in [0.15, 0.2) is 0 Å². The van der Waals surface area contributed by atoms with Crippen LogP contribution in [0.3, 0.4) is 0 Å². The van der Waals surface area contributed by atoms with Gasteiger partial charge in [0.2, 0.25) is 0 Å². The van der Waals surface area contributed by atoms with Crippen molar-refractivity contribution in [3.05, 3.63) is 13.8 Å². The molecular formula is C20H40CaO4. The van der Waals surface area contributed by atoms with Gasteiger partial charge in [-0.25, -0.2) is 0 Å². The number of aliphatic carboxylic acids is 2. The van der Waals surface area contributed by atoms with E-state index >= 15 is 0 Å². The summed E-state index contributed by atoms with van der Waals surface area (Å²) in [4.78, 5) is 19.3. The molecule has 0 saturated heterocycles. The minimum absolute atomic E-state index is 0. The third-order valence-corrected chi connectivity index (χ3v) is 3.12. The van der Waals surface area contributed by atoms with Gasteiger partial charge in [-0.05, 0) is 11.8 Å². The predicted molar refractivity (Wildman–Crippen MR) is 108 cm³/mol. The summed E-state index contributed by atoms with van der Waals surface area (Å²) in [6.45, 7) is 16.6. The number of carboxylic acid groups (broad SMARTS) is 2. The van der Waals surface area contributed by atoms with E-state index in [4.69, 9.17) is 10.2 Å². The Morgan fingerprint density at radius 2 is 1.00 bits per heavy atom. The van der Waals surface area contributed by atoms with Crippen molar-refractivity contribution in [1.82, 2.24) is 0 Å². The Kier molecular flexibility index (Phi) is 34.7. The third-order valence-electron chi connectivity index (χ3n) is 3.12. The predicted octanol–water partition coefficient (Wildman–Crippen LogP) is 5.63. The Morgan fingerprint density at radius 1 is 0.720 bits per heavy atom. The Balaban J connectivity index is -0.000000130. The summed E-state index contributed by atoms with van der Waals surface area (Å²) in [6.07, 6.45) is 9.69. The van der Waals surface area contributed by atoms with Crippen molar-refractivity contribution in [1.29, 1.82) is 0 Å². The molecule has 5 heteroatoms. The van der Waals surface area contributed by atoms with E-state index in [1.54, 1.807) is 0 Å². The molecule has 0 spiro atoms. The molecule has 4 nitrogen and oxygen atoms in total. The molecule has 0 aromatic carbocycles. The molecule has 0 aliphatic rings. The number of hydrogen-bond donors (Lipinski definition) is 2. The number of rotatable bonds is 11. The van der Waals surface area contributed by atoms with Crippen LogP contribution in [0.25, 0.3) is 0 Å². The second-order valence-corrected chi connectivity index (χ2v) is 6.77. The van der Waals surface area contributed by atoms with Crippen molar-refractivity contribution in [2.45, 2.75) is 91.9 Å². The Hall–Kier alpha value is 0.200. The Morgan fingerprint density at radius 3 is 1.16 bits per heavy atom. The molecule has 0 aliphatic heterocycles. The van der Waals surface area contributed by atoms with Gasteiger partial charge >= 0.3 is 49.7 Å². The molecule has 0 aliphatic carbocycles. The van der Waals surface area contributed by atoms with Crippen LogP contribution in [0, 0.1) is 25.7 Å². The maximum absolute atomic E-state index is 9.64. The molecule has 0 atom stereocenters. The second kappa shape index (κ2) is 26.4. The van der Waals surface area contributed by atoms with Gasteiger partial charge in [-0.1, -0.05) is 66.2 Å². The van der Waals surface area contributed by atoms with E-state index in [-0.39, 0.29) is 50.6 Å². The zero-order valence-electron chi connectivity index (χ0n) is 17.1. The fourth-order valence-electron chi connectivity index (χ4n) is 1.67. The third kappa shape index (κ3) is 51.6. The first-order valence-corrected chi connectivity index (χ1v) is 9.19. The van der Waals surface area contributed by atoms with Crippen molar-refractivity contribution < 1.29 is 19.8 Å². The monoisotopic (exact) mass is 384 g/mol. The van der Waals surface area contributed by atoms with E-state index in [2.05, 4.69) is 41.5 Å². The van der Waals surface area contributed by atoms with E-state index in [9.17, 15) is 9.59 Å². The van der Waals surface area contributed by atoms with Gasteiger partial charge in [0.1, 0.15) is 0 Å². The quantitative estimate of drug-likeness (QED) is 0.275. The molecule has 0 heterocycles. The summed E-state index contributed by atoms with van der Waals surface area (Å²) in [6, 6.07) is 0. The van der Waals surface area contributed by atoms with Crippen LogP contribution in [0.5, 0.6) is 0 Å². The second-order valence-electron chi connectivity index (χ2n) is 6.77. The molecule has 0 aromatic rings. The van der Waals surface area contributed by atoms with Crippen LogP contribution in [0.4, 0.5) is 0 Å². The van der Waals surface area contributed by atoms with Gasteiger partial charge in [0.05, 0.1) is 12.8 Å². The number of carboxylic acids is 2. The van der Waals surface area contributed by atoms with Crippen LogP contribution in [0.2, 0.25) is 0 Å². The largest absolute Gasteiger partial charge is 2.00 e. The summed E-state index contributed by atoms with van der Waals surface area (Å²) < 4.78 is 0. The van der Waals surface area contributed by atoms with Crippen molar-refractivity contribution in [3.8, 4) is 0 Å². The molecule has 25 heavy (non-hydrogen) atoms. The molecule has 0 radical (unpaired) electrons. The molecule has 146 valence electrons. The van der Waals surface area contributed by atoms with Gasteiger partial charge in [-0.3, -0.25) is 9.59 Å². The van der Waals surface area contributed by atoms with E-state index < -0.39 is 11.9 Å². The first-order valence-electron chi connectivity index (χ1n) is 9.19. The standard InChI is InChI=1S/2C8H17.C4H6O4.Ca/c2*1-4-5-6-7-8(2)3;5-3(6)1-2-4(7)8;/h2*8H,1,4-7H2,2-3H3;1-2H2,(H,5,6)(H,7,8);/q2*-1;;+2. The molecule has 2 N–H and O–H groups in total. The van der Waals surface area contributed by atoms with Gasteiger partial charge in [-0.15, -0.1) is 0 Å². The molecule has 0 rings (SSSR count). The van der Waals surface area contributed by atoms with Crippen molar-refractivity contribution in [3.63, 3.8) is 0 Å². The number of hydrogen-bond acceptors (Lipinski definition) is 2. The number of unbranched alkanes of at least 4 members (excludes halogenated alkanes) is 4. The van der Waals surface area contributed by atoms with Gasteiger partial charge < -0.3 is 24.1 Å². The summed E-state index contributed by atoms with van der Waals surface area (Å²) >= 11 is 0. The fraction of sp³-hybridized carbons (Fsp3) is 0.800. The topological polar surface area (TPSA) is 74.6 Å². The van der Waals surface area contributed by atoms with Crippen LogP contribution in [-0.2, 0) is 9.59 Å². The van der Waals surface area contributed by atoms with Crippen LogP contribution >= 0.6 is 0 Å². The summed E-state index contributed by atoms with van der Waals surface area (Å²) in [5, 5.41) is 15.8. The SMILES string of the molecule is O=C(O)CCC(=O)O.[CH2-]CCCCC(C)C.[CH2-]CCCCC(C)C.[Ca+2]. The summed E-state index contributed by atoms with van der Waals surface area (Å²) in [5.41, 5.74) is 0. The minimum atomic E-state index is -1.08. The minimum Gasteiger partial charge on any atom is -0.481 e. The summed E-state index contributed by atoms with van der Waals surface area (Å²) in [7, 11) is 0. The molecule has 0 saturated carbocycles. The van der Waals surface area contributed by atoms with Crippen molar-refractivity contribution in [2.24, 2.45) is 11.8 Å². The normalized spacial score (nSPS) is 9.44. The first-order chi connectivity index (χ1) is 11.2. The van der Waals surface area contributed by atoms with E-state index in [0.29, 0.717) is 0 Å². The Bertz CT molecular complexity index is 251. The maximum atomic E-state index is 9.64. The molecule has 0 fully saturated rings. The zero-order chi connectivity index (χ0) is 19.4. The van der Waals surface area contributed by atoms with Crippen molar-refractivity contribution >= 4 is 49.7 Å². The van der Waals surface area contributed by atoms with Crippen LogP contribution < -0.4 is 0 Å². The first kappa shape index (κ1) is 32.8. The van der Waals surface area contributed by atoms with Gasteiger partial charge in [-0.2, -0.15) is 12.8 Å². The molecule has 0 amide bonds. The van der Waals surface area contributed by atoms with E-state index in [0.717, 1.165) is 24.7 Å². The molecule has 0 aromatic heterocycles. The summed E-state index contributed by atoms with van der Waals surface area (Å²) in [5.74, 6) is -0.400. The van der Waals surface area contributed by atoms with Crippen LogP contribution in [0.1, 0.15) is 91.9 Å². The van der Waals surface area contributed by atoms with Gasteiger partial charge in [0.25, 0.3) is 0 Å². The average molecular weight is 385 g/mol. The zero-order valence-corrected chi connectivity index (χ0v) is 19.3. The fourth-order valence-corrected chi connectivity index (χ4v) is 1.67. The van der Waals surface area contributed by atoms with Crippen LogP contribution in [-0.4, -0.2) is 59.9 Å². The Labute approximate surface area is 186 Å². The molecule has 0 bridgehead atoms. The van der Waals surface area contributed by atoms with Gasteiger partial charge in [0.15, 0.2) is 0 Å².